The number of nitrogens with two attached hydrogens (primary N) is 1. The Hall–Kier alpha value is -1.91. The van der Waals surface area contributed by atoms with E-state index in [-0.39, 0.29) is 18.9 Å². The first-order chi connectivity index (χ1) is 9.20. The lowest BCUT2D eigenvalue weighted by atomic mass is 10.0. The number of fused-ring (bicyclic) bond motifs is 1. The third-order valence-electron chi connectivity index (χ3n) is 3.02. The number of aliphatic hydroxyl groups is 1. The Labute approximate surface area is 112 Å². The highest BCUT2D eigenvalue weighted by molar-refractivity contribution is 5.83. The average Bonchev–Trinajstić information content (AvgIpc) is 2.44. The van der Waals surface area contributed by atoms with Crippen LogP contribution in [-0.4, -0.2) is 24.1 Å². The van der Waals surface area contributed by atoms with Crippen LogP contribution in [0.15, 0.2) is 42.5 Å². The molecule has 100 valence electrons. The molecular weight excluding hydrogens is 240 g/mol. The van der Waals surface area contributed by atoms with Gasteiger partial charge in [-0.15, -0.1) is 0 Å². The number of amides is 1. The van der Waals surface area contributed by atoms with Crippen LogP contribution in [-0.2, 0) is 4.79 Å². The topological polar surface area (TPSA) is 75.4 Å². The minimum Gasteiger partial charge on any atom is -0.387 e. The van der Waals surface area contributed by atoms with Crippen molar-refractivity contribution in [2.45, 2.75) is 12.5 Å². The van der Waals surface area contributed by atoms with Gasteiger partial charge in [-0.1, -0.05) is 36.4 Å². The lowest BCUT2D eigenvalue weighted by Crippen LogP contribution is -2.29. The van der Waals surface area contributed by atoms with Gasteiger partial charge >= 0.3 is 0 Å². The number of benzene rings is 2. The van der Waals surface area contributed by atoms with Crippen LogP contribution in [0.4, 0.5) is 0 Å². The summed E-state index contributed by atoms with van der Waals surface area (Å²) < 4.78 is 0. The molecule has 2 aromatic rings. The van der Waals surface area contributed by atoms with E-state index in [1.54, 1.807) is 0 Å². The van der Waals surface area contributed by atoms with Gasteiger partial charge in [0, 0.05) is 19.5 Å². The molecule has 0 fully saturated rings. The second-order valence-electron chi connectivity index (χ2n) is 4.47. The fourth-order valence-electron chi connectivity index (χ4n) is 1.96. The molecule has 0 saturated carbocycles. The average molecular weight is 258 g/mol. The van der Waals surface area contributed by atoms with Gasteiger partial charge in [-0.25, -0.2) is 0 Å². The molecule has 19 heavy (non-hydrogen) atoms. The van der Waals surface area contributed by atoms with Crippen LogP contribution in [0.5, 0.6) is 0 Å². The van der Waals surface area contributed by atoms with E-state index in [2.05, 4.69) is 5.32 Å². The minimum atomic E-state index is -0.702. The molecule has 2 aromatic carbocycles. The fraction of sp³-hybridized carbons (Fsp3) is 0.267. The SMILES string of the molecule is NCCC(=O)NCC(O)c1ccc2ccccc2c1. The van der Waals surface area contributed by atoms with Crippen molar-refractivity contribution in [1.82, 2.24) is 5.32 Å². The van der Waals surface area contributed by atoms with E-state index < -0.39 is 6.10 Å². The molecule has 0 spiro atoms. The molecule has 0 radical (unpaired) electrons. The molecule has 0 aliphatic carbocycles. The van der Waals surface area contributed by atoms with Crippen LogP contribution >= 0.6 is 0 Å². The predicted molar refractivity (Wildman–Crippen MR) is 75.6 cm³/mol. The number of carbonyl (C=O) groups is 1. The van der Waals surface area contributed by atoms with E-state index in [9.17, 15) is 9.90 Å². The largest absolute Gasteiger partial charge is 0.387 e. The van der Waals surface area contributed by atoms with Crippen LogP contribution in [0.1, 0.15) is 18.1 Å². The number of nitrogens with one attached hydrogen (secondary N) is 1. The minimum absolute atomic E-state index is 0.137. The van der Waals surface area contributed by atoms with Crippen molar-refractivity contribution in [3.8, 4) is 0 Å². The maximum atomic E-state index is 11.3. The van der Waals surface area contributed by atoms with Crippen LogP contribution in [0.2, 0.25) is 0 Å². The van der Waals surface area contributed by atoms with Gasteiger partial charge < -0.3 is 16.2 Å². The molecule has 0 aromatic heterocycles. The van der Waals surface area contributed by atoms with Crippen molar-refractivity contribution in [3.05, 3.63) is 48.0 Å². The zero-order valence-electron chi connectivity index (χ0n) is 10.7. The standard InChI is InChI=1S/C15H18N2O2/c16-8-7-15(19)17-10-14(18)13-6-5-11-3-1-2-4-12(11)9-13/h1-6,9,14,18H,7-8,10,16H2,(H,17,19). The van der Waals surface area contributed by atoms with Crippen molar-refractivity contribution >= 4 is 16.7 Å². The molecule has 4 N–H and O–H groups in total. The summed E-state index contributed by atoms with van der Waals surface area (Å²) in [4.78, 5) is 11.3. The van der Waals surface area contributed by atoms with Crippen LogP contribution < -0.4 is 11.1 Å². The van der Waals surface area contributed by atoms with Crippen LogP contribution in [0, 0.1) is 0 Å². The van der Waals surface area contributed by atoms with Gasteiger partial charge in [-0.3, -0.25) is 4.79 Å². The summed E-state index contributed by atoms with van der Waals surface area (Å²) in [6.07, 6.45) is -0.420. The molecule has 1 atom stereocenters. The zero-order valence-corrected chi connectivity index (χ0v) is 10.7. The third-order valence-corrected chi connectivity index (χ3v) is 3.02. The fourth-order valence-corrected chi connectivity index (χ4v) is 1.96. The van der Waals surface area contributed by atoms with Gasteiger partial charge in [0.2, 0.25) is 5.91 Å². The van der Waals surface area contributed by atoms with Crippen molar-refractivity contribution in [3.63, 3.8) is 0 Å². The number of carbonyl (C=O) groups excluding carboxylic acids is 1. The summed E-state index contributed by atoms with van der Waals surface area (Å²) in [6, 6.07) is 13.7. The monoisotopic (exact) mass is 258 g/mol. The number of rotatable bonds is 5. The zero-order chi connectivity index (χ0) is 13.7. The number of hydrogen-bond acceptors (Lipinski definition) is 3. The van der Waals surface area contributed by atoms with E-state index in [4.69, 9.17) is 5.73 Å². The van der Waals surface area contributed by atoms with E-state index in [1.807, 2.05) is 42.5 Å². The molecule has 0 saturated heterocycles. The molecular formula is C15H18N2O2. The van der Waals surface area contributed by atoms with Crippen molar-refractivity contribution in [2.75, 3.05) is 13.1 Å². The first kappa shape index (κ1) is 13.5. The molecule has 0 bridgehead atoms. The molecule has 0 aliphatic rings. The Morgan fingerprint density at radius 1 is 1.21 bits per heavy atom. The van der Waals surface area contributed by atoms with Crippen LogP contribution in [0.25, 0.3) is 10.8 Å². The van der Waals surface area contributed by atoms with E-state index >= 15 is 0 Å². The first-order valence-corrected chi connectivity index (χ1v) is 6.34. The van der Waals surface area contributed by atoms with Gasteiger partial charge in [0.25, 0.3) is 0 Å². The summed E-state index contributed by atoms with van der Waals surface area (Å²) in [5, 5.41) is 14.9. The highest BCUT2D eigenvalue weighted by Crippen LogP contribution is 2.19. The first-order valence-electron chi connectivity index (χ1n) is 6.34. The predicted octanol–water partition coefficient (Wildman–Crippen LogP) is 1.34. The smallest absolute Gasteiger partial charge is 0.221 e. The summed E-state index contributed by atoms with van der Waals surface area (Å²) >= 11 is 0. The Bertz CT molecular complexity index is 569. The van der Waals surface area contributed by atoms with Crippen molar-refractivity contribution in [2.24, 2.45) is 5.73 Å². The van der Waals surface area contributed by atoms with Crippen molar-refractivity contribution in [1.29, 1.82) is 0 Å². The van der Waals surface area contributed by atoms with E-state index in [0.717, 1.165) is 16.3 Å². The van der Waals surface area contributed by atoms with Gasteiger partial charge in [-0.05, 0) is 22.4 Å². The van der Waals surface area contributed by atoms with Gasteiger partial charge in [0.1, 0.15) is 0 Å². The normalized spacial score (nSPS) is 12.3. The Morgan fingerprint density at radius 2 is 1.95 bits per heavy atom. The van der Waals surface area contributed by atoms with Gasteiger partial charge in [0.15, 0.2) is 0 Å². The molecule has 0 heterocycles. The molecule has 2 rings (SSSR count). The maximum absolute atomic E-state index is 11.3. The molecule has 1 unspecified atom stereocenters. The Morgan fingerprint density at radius 3 is 2.68 bits per heavy atom. The molecule has 4 heteroatoms. The highest BCUT2D eigenvalue weighted by atomic mass is 16.3. The Balaban J connectivity index is 2.04. The number of aliphatic hydroxyl groups excluding tert-OH is 1. The quantitative estimate of drug-likeness (QED) is 0.757. The maximum Gasteiger partial charge on any atom is 0.221 e. The second-order valence-corrected chi connectivity index (χ2v) is 4.47. The third kappa shape index (κ3) is 3.53. The number of hydrogen-bond donors (Lipinski definition) is 3. The summed E-state index contributed by atoms with van der Waals surface area (Å²) in [6.45, 7) is 0.523. The van der Waals surface area contributed by atoms with Crippen LogP contribution in [0.3, 0.4) is 0 Å². The van der Waals surface area contributed by atoms with Gasteiger partial charge in [-0.2, -0.15) is 0 Å². The Kier molecular flexibility index (Phi) is 4.49. The second kappa shape index (κ2) is 6.31. The summed E-state index contributed by atoms with van der Waals surface area (Å²) in [5.41, 5.74) is 6.08. The van der Waals surface area contributed by atoms with Crippen molar-refractivity contribution < 1.29 is 9.90 Å². The lowest BCUT2D eigenvalue weighted by Gasteiger charge is -2.13. The van der Waals surface area contributed by atoms with E-state index in [1.165, 1.54) is 0 Å². The van der Waals surface area contributed by atoms with Gasteiger partial charge in [0.05, 0.1) is 6.10 Å². The molecule has 0 aliphatic heterocycles. The highest BCUT2D eigenvalue weighted by Gasteiger charge is 2.09. The lowest BCUT2D eigenvalue weighted by molar-refractivity contribution is -0.121. The molecule has 4 nitrogen and oxygen atoms in total. The summed E-state index contributed by atoms with van der Waals surface area (Å²) in [7, 11) is 0. The molecule has 1 amide bonds. The van der Waals surface area contributed by atoms with E-state index in [0.29, 0.717) is 6.54 Å². The summed E-state index contributed by atoms with van der Waals surface area (Å²) in [5.74, 6) is -0.137.